The van der Waals surface area contributed by atoms with Crippen molar-refractivity contribution in [3.8, 4) is 0 Å². The largest absolute Gasteiger partial charge is 0.394 e. The SMILES string of the molecule is CC1(F)C(CO)OC(n2cc(CO)c(N)nc2=O)C1F. The Morgan fingerprint density at radius 3 is 2.75 bits per heavy atom. The van der Waals surface area contributed by atoms with Gasteiger partial charge in [-0.3, -0.25) is 4.57 Å². The number of aromatic nitrogens is 2. The Morgan fingerprint density at radius 2 is 2.25 bits per heavy atom. The summed E-state index contributed by atoms with van der Waals surface area (Å²) in [6.45, 7) is -0.297. The molecular weight excluding hydrogens is 276 g/mol. The number of anilines is 1. The van der Waals surface area contributed by atoms with E-state index in [1.54, 1.807) is 0 Å². The molecule has 0 aromatic carbocycles. The van der Waals surface area contributed by atoms with Crippen molar-refractivity contribution < 1.29 is 23.7 Å². The van der Waals surface area contributed by atoms with Gasteiger partial charge in [-0.15, -0.1) is 0 Å². The van der Waals surface area contributed by atoms with Gasteiger partial charge in [-0.2, -0.15) is 4.98 Å². The highest BCUT2D eigenvalue weighted by molar-refractivity contribution is 5.36. The number of aliphatic hydroxyl groups is 2. The third-order valence-electron chi connectivity index (χ3n) is 3.39. The van der Waals surface area contributed by atoms with Crippen molar-refractivity contribution in [3.63, 3.8) is 0 Å². The van der Waals surface area contributed by atoms with Gasteiger partial charge in [0, 0.05) is 11.8 Å². The van der Waals surface area contributed by atoms with E-state index < -0.39 is 43.1 Å². The van der Waals surface area contributed by atoms with Gasteiger partial charge in [0.05, 0.1) is 13.2 Å². The minimum Gasteiger partial charge on any atom is -0.394 e. The molecule has 1 aliphatic heterocycles. The molecule has 0 radical (unpaired) electrons. The van der Waals surface area contributed by atoms with Gasteiger partial charge in [0.1, 0.15) is 11.9 Å². The van der Waals surface area contributed by atoms with Crippen LogP contribution in [0, 0.1) is 0 Å². The maximum absolute atomic E-state index is 14.1. The first-order valence-corrected chi connectivity index (χ1v) is 5.90. The minimum absolute atomic E-state index is 0.0911. The van der Waals surface area contributed by atoms with Crippen LogP contribution >= 0.6 is 0 Å². The number of halogens is 2. The van der Waals surface area contributed by atoms with E-state index in [2.05, 4.69) is 4.98 Å². The molecule has 2 heterocycles. The van der Waals surface area contributed by atoms with Gasteiger partial charge in [0.25, 0.3) is 0 Å². The molecular formula is C11H15F2N3O4. The molecule has 0 saturated carbocycles. The third-order valence-corrected chi connectivity index (χ3v) is 3.39. The fourth-order valence-electron chi connectivity index (χ4n) is 2.08. The molecule has 2 rings (SSSR count). The highest BCUT2D eigenvalue weighted by atomic mass is 19.2. The maximum atomic E-state index is 14.1. The number of nitrogen functional groups attached to an aromatic ring is 1. The molecule has 20 heavy (non-hydrogen) atoms. The molecule has 1 saturated heterocycles. The second-order valence-electron chi connectivity index (χ2n) is 4.75. The topological polar surface area (TPSA) is 111 Å². The lowest BCUT2D eigenvalue weighted by Crippen LogP contribution is -2.40. The second-order valence-corrected chi connectivity index (χ2v) is 4.75. The zero-order valence-corrected chi connectivity index (χ0v) is 10.7. The van der Waals surface area contributed by atoms with Crippen LogP contribution in [0.4, 0.5) is 14.6 Å². The molecule has 9 heteroatoms. The lowest BCUT2D eigenvalue weighted by molar-refractivity contribution is -0.0533. The van der Waals surface area contributed by atoms with E-state index in [-0.39, 0.29) is 11.4 Å². The van der Waals surface area contributed by atoms with E-state index in [1.165, 1.54) is 0 Å². The Balaban J connectivity index is 2.45. The molecule has 1 aromatic rings. The molecule has 1 aromatic heterocycles. The Hall–Kier alpha value is -1.58. The second kappa shape index (κ2) is 5.08. The van der Waals surface area contributed by atoms with Crippen molar-refractivity contribution in [1.82, 2.24) is 9.55 Å². The summed E-state index contributed by atoms with van der Waals surface area (Å²) in [6.07, 6.45) is -4.08. The zero-order chi connectivity index (χ0) is 15.1. The quantitative estimate of drug-likeness (QED) is 0.677. The van der Waals surface area contributed by atoms with E-state index in [9.17, 15) is 13.6 Å². The number of aliphatic hydroxyl groups excluding tert-OH is 2. The van der Waals surface area contributed by atoms with E-state index in [0.717, 1.165) is 17.7 Å². The highest BCUT2D eigenvalue weighted by Gasteiger charge is 2.56. The molecule has 0 bridgehead atoms. The Bertz CT molecular complexity index is 563. The standard InChI is InChI=1S/C11H15F2N3O4/c1-11(13)6(4-18)20-9(7(11)12)16-2-5(3-17)8(14)15-10(16)19/h2,6-7,9,17-18H,3-4H2,1H3,(H2,14,15,19). The molecule has 7 nitrogen and oxygen atoms in total. The van der Waals surface area contributed by atoms with Gasteiger partial charge in [-0.05, 0) is 6.92 Å². The van der Waals surface area contributed by atoms with E-state index in [1.807, 2.05) is 0 Å². The van der Waals surface area contributed by atoms with Gasteiger partial charge < -0.3 is 20.7 Å². The third kappa shape index (κ3) is 2.17. The summed E-state index contributed by atoms with van der Waals surface area (Å²) >= 11 is 0. The summed E-state index contributed by atoms with van der Waals surface area (Å²) < 4.78 is 34.0. The Labute approximate surface area is 112 Å². The van der Waals surface area contributed by atoms with Gasteiger partial charge in [0.2, 0.25) is 0 Å². The number of nitrogens with two attached hydrogens (primary N) is 1. The van der Waals surface area contributed by atoms with Crippen LogP contribution in [-0.4, -0.2) is 44.3 Å². The van der Waals surface area contributed by atoms with Crippen LogP contribution in [0.15, 0.2) is 11.0 Å². The van der Waals surface area contributed by atoms with Crippen LogP contribution in [0.1, 0.15) is 18.7 Å². The Kier molecular flexibility index (Phi) is 3.76. The first-order chi connectivity index (χ1) is 9.32. The predicted molar refractivity (Wildman–Crippen MR) is 64.2 cm³/mol. The van der Waals surface area contributed by atoms with Gasteiger partial charge >= 0.3 is 5.69 Å². The van der Waals surface area contributed by atoms with Crippen LogP contribution in [0.5, 0.6) is 0 Å². The number of nitrogens with zero attached hydrogens (tertiary/aromatic N) is 2. The van der Waals surface area contributed by atoms with E-state index in [4.69, 9.17) is 20.7 Å². The van der Waals surface area contributed by atoms with Gasteiger partial charge in [-0.25, -0.2) is 13.6 Å². The summed E-state index contributed by atoms with van der Waals surface area (Å²) in [4.78, 5) is 15.1. The average molecular weight is 291 g/mol. The van der Waals surface area contributed by atoms with Crippen molar-refractivity contribution in [3.05, 3.63) is 22.2 Å². The fourth-order valence-corrected chi connectivity index (χ4v) is 2.08. The number of alkyl halides is 2. The predicted octanol–water partition coefficient (Wildman–Crippen LogP) is -0.726. The van der Waals surface area contributed by atoms with Crippen LogP contribution in [0.2, 0.25) is 0 Å². The minimum atomic E-state index is -2.44. The summed E-state index contributed by atoms with van der Waals surface area (Å²) in [5.74, 6) is -0.191. The first kappa shape index (κ1) is 14.8. The summed E-state index contributed by atoms with van der Waals surface area (Å²) in [5, 5.41) is 18.1. The first-order valence-electron chi connectivity index (χ1n) is 5.90. The van der Waals surface area contributed by atoms with Crippen LogP contribution in [-0.2, 0) is 11.3 Å². The molecule has 0 amide bonds. The van der Waals surface area contributed by atoms with Gasteiger partial charge in [0.15, 0.2) is 18.1 Å². The number of hydrogen-bond donors (Lipinski definition) is 3. The number of rotatable bonds is 3. The van der Waals surface area contributed by atoms with Crippen molar-refractivity contribution in [2.24, 2.45) is 0 Å². The molecule has 112 valence electrons. The highest BCUT2D eigenvalue weighted by Crippen LogP contribution is 2.41. The van der Waals surface area contributed by atoms with Crippen molar-refractivity contribution in [2.45, 2.75) is 37.7 Å². The molecule has 4 atom stereocenters. The molecule has 0 aliphatic carbocycles. The van der Waals surface area contributed by atoms with E-state index in [0.29, 0.717) is 0 Å². The lowest BCUT2D eigenvalue weighted by atomic mass is 9.98. The summed E-state index contributed by atoms with van der Waals surface area (Å²) in [6, 6.07) is 0. The van der Waals surface area contributed by atoms with Crippen LogP contribution < -0.4 is 11.4 Å². The maximum Gasteiger partial charge on any atom is 0.351 e. The van der Waals surface area contributed by atoms with Crippen molar-refractivity contribution >= 4 is 5.82 Å². The van der Waals surface area contributed by atoms with Crippen molar-refractivity contribution in [1.29, 1.82) is 0 Å². The molecule has 0 spiro atoms. The number of hydrogen-bond acceptors (Lipinski definition) is 6. The number of ether oxygens (including phenoxy) is 1. The van der Waals surface area contributed by atoms with E-state index >= 15 is 0 Å². The van der Waals surface area contributed by atoms with Gasteiger partial charge in [-0.1, -0.05) is 0 Å². The molecule has 1 aliphatic rings. The van der Waals surface area contributed by atoms with Crippen molar-refractivity contribution in [2.75, 3.05) is 12.3 Å². The lowest BCUT2D eigenvalue weighted by Gasteiger charge is -2.20. The molecule has 4 unspecified atom stereocenters. The molecule has 1 fully saturated rings. The Morgan fingerprint density at radius 1 is 1.60 bits per heavy atom. The summed E-state index contributed by atoms with van der Waals surface area (Å²) in [5.41, 5.74) is 2.13. The monoisotopic (exact) mass is 291 g/mol. The van der Waals surface area contributed by atoms with Crippen LogP contribution in [0.3, 0.4) is 0 Å². The zero-order valence-electron chi connectivity index (χ0n) is 10.7. The van der Waals surface area contributed by atoms with Crippen LogP contribution in [0.25, 0.3) is 0 Å². The summed E-state index contributed by atoms with van der Waals surface area (Å²) in [7, 11) is 0. The normalized spacial score (nSPS) is 33.5. The fraction of sp³-hybridized carbons (Fsp3) is 0.636. The average Bonchev–Trinajstić information content (AvgIpc) is 2.61. The smallest absolute Gasteiger partial charge is 0.351 e. The molecule has 4 N–H and O–H groups in total.